The fourth-order valence-corrected chi connectivity index (χ4v) is 9.91. The maximum atomic E-state index is 17.0. The van der Waals surface area contributed by atoms with Gasteiger partial charge in [0.05, 0.1) is 35.0 Å². The number of cyclic esters (lactones) is 1. The number of unbranched alkanes of at least 4 members (excludes halogenated alkanes) is 1. The number of rotatable bonds is 12. The minimum Gasteiger partial charge on any atom is -0.455 e. The summed E-state index contributed by atoms with van der Waals surface area (Å²) in [6, 6.07) is 5.19. The summed E-state index contributed by atoms with van der Waals surface area (Å²) < 4.78 is 49.7. The third-order valence-electron chi connectivity index (χ3n) is 13.5. The summed E-state index contributed by atoms with van der Waals surface area (Å²) in [5, 5.41) is 19.6. The molecule has 4 heterocycles. The van der Waals surface area contributed by atoms with Crippen LogP contribution in [0.3, 0.4) is 0 Å². The van der Waals surface area contributed by atoms with Crippen molar-refractivity contribution >= 4 is 29.3 Å². The largest absolute Gasteiger partial charge is 0.455 e. The number of nitro benzene ring substituents is 1. The van der Waals surface area contributed by atoms with Crippen molar-refractivity contribution in [2.45, 2.75) is 155 Å². The van der Waals surface area contributed by atoms with Crippen LogP contribution in [-0.4, -0.2) is 135 Å². The normalized spacial score (nSPS) is 36.3. The van der Waals surface area contributed by atoms with Gasteiger partial charge in [-0.15, -0.1) is 5.10 Å². The van der Waals surface area contributed by atoms with Gasteiger partial charge in [-0.25, -0.2) is 14.0 Å². The molecule has 3 saturated heterocycles. The SMILES string of the molecule is CC[C@H]1OC(=O)[C@@](C)(F)C(=O)[C@H](C)[C@@H](O[C@@H]2O[C@H](C)C[C@H](N(C)C)[C@H]2C)[C@@](C)(OC)C[C@@H](C)C(=O)[C@H](C)[C@@H]2N(CCCCn3cc(-c4cccc([N+](=O)[O-])c4)nn3)C(=O)O[C@@]21C. The molecule has 344 valence electrons. The van der Waals surface area contributed by atoms with Crippen LogP contribution in [0.5, 0.6) is 0 Å². The van der Waals surface area contributed by atoms with Crippen LogP contribution >= 0.6 is 0 Å². The Balaban J connectivity index is 1.44. The van der Waals surface area contributed by atoms with Crippen molar-refractivity contribution in [3.63, 3.8) is 0 Å². The molecule has 0 radical (unpaired) electrons. The number of fused-ring (bicyclic) bond motifs is 1. The minimum atomic E-state index is -3.15. The molecule has 1 amide bonds. The van der Waals surface area contributed by atoms with Crippen molar-refractivity contribution < 1.29 is 52.2 Å². The summed E-state index contributed by atoms with van der Waals surface area (Å²) in [5.41, 5.74) is -5.21. The number of carbonyl (C=O) groups is 4. The second kappa shape index (κ2) is 19.2. The zero-order valence-electron chi connectivity index (χ0n) is 38.2. The average molecular weight is 873 g/mol. The number of halogens is 1. The van der Waals surface area contributed by atoms with Gasteiger partial charge in [-0.05, 0) is 73.9 Å². The zero-order valence-corrected chi connectivity index (χ0v) is 38.2. The van der Waals surface area contributed by atoms with Gasteiger partial charge in [0.15, 0.2) is 17.7 Å². The second-order valence-corrected chi connectivity index (χ2v) is 18.3. The molecule has 3 fully saturated rings. The molecule has 18 heteroatoms. The quantitative estimate of drug-likeness (QED) is 0.0769. The molecule has 0 aliphatic carbocycles. The molecule has 13 atom stereocenters. The van der Waals surface area contributed by atoms with Gasteiger partial charge >= 0.3 is 12.1 Å². The first-order valence-corrected chi connectivity index (χ1v) is 21.7. The van der Waals surface area contributed by atoms with E-state index in [1.807, 2.05) is 27.9 Å². The molecule has 1 aromatic heterocycles. The fourth-order valence-electron chi connectivity index (χ4n) is 9.91. The Labute approximate surface area is 363 Å². The van der Waals surface area contributed by atoms with E-state index in [-0.39, 0.29) is 48.9 Å². The van der Waals surface area contributed by atoms with Crippen LogP contribution < -0.4 is 0 Å². The van der Waals surface area contributed by atoms with E-state index in [9.17, 15) is 29.3 Å². The summed E-state index contributed by atoms with van der Waals surface area (Å²) in [7, 11) is 5.38. The first-order valence-electron chi connectivity index (χ1n) is 21.7. The number of amides is 1. The number of esters is 1. The molecule has 17 nitrogen and oxygen atoms in total. The Hall–Kier alpha value is -4.39. The van der Waals surface area contributed by atoms with E-state index in [0.717, 1.165) is 13.3 Å². The van der Waals surface area contributed by atoms with Gasteiger partial charge in [0, 0.05) is 67.6 Å². The molecule has 3 aliphatic heterocycles. The lowest BCUT2D eigenvalue weighted by molar-refractivity contribution is -0.384. The van der Waals surface area contributed by atoms with Crippen LogP contribution in [0, 0.1) is 33.8 Å². The van der Waals surface area contributed by atoms with E-state index >= 15 is 4.39 Å². The number of Topliss-reactive ketones (excluding diaryl/α,β-unsaturated/α-hetero) is 2. The molecule has 0 spiro atoms. The van der Waals surface area contributed by atoms with Gasteiger partial charge in [-0.1, -0.05) is 52.0 Å². The lowest BCUT2D eigenvalue weighted by atomic mass is 9.73. The number of ether oxygens (including phenoxy) is 5. The van der Waals surface area contributed by atoms with Gasteiger partial charge in [0.25, 0.3) is 11.4 Å². The van der Waals surface area contributed by atoms with E-state index in [4.69, 9.17) is 23.7 Å². The van der Waals surface area contributed by atoms with E-state index in [0.29, 0.717) is 30.6 Å². The fraction of sp³-hybridized carbons (Fsp3) is 0.727. The summed E-state index contributed by atoms with van der Waals surface area (Å²) in [5.74, 6) is -5.81. The number of ketones is 2. The predicted molar refractivity (Wildman–Crippen MR) is 224 cm³/mol. The Morgan fingerprint density at radius 3 is 2.34 bits per heavy atom. The van der Waals surface area contributed by atoms with Crippen molar-refractivity contribution in [3.8, 4) is 11.3 Å². The van der Waals surface area contributed by atoms with Crippen LogP contribution in [0.4, 0.5) is 14.9 Å². The average Bonchev–Trinajstić information content (AvgIpc) is 3.81. The zero-order chi connectivity index (χ0) is 46.1. The highest BCUT2D eigenvalue weighted by Crippen LogP contribution is 2.44. The number of hydrogen-bond donors (Lipinski definition) is 0. The van der Waals surface area contributed by atoms with E-state index in [2.05, 4.69) is 15.2 Å². The molecule has 1 aromatic carbocycles. The van der Waals surface area contributed by atoms with Gasteiger partial charge in [0.2, 0.25) is 0 Å². The topological polar surface area (TPSA) is 195 Å². The number of aryl methyl sites for hydroxylation is 1. The van der Waals surface area contributed by atoms with E-state index in [1.165, 1.54) is 31.1 Å². The number of aromatic nitrogens is 3. The Bertz CT molecular complexity index is 1960. The smallest absolute Gasteiger partial charge is 0.410 e. The van der Waals surface area contributed by atoms with Gasteiger partial charge in [-0.3, -0.25) is 24.4 Å². The molecule has 2 aromatic rings. The van der Waals surface area contributed by atoms with Crippen LogP contribution in [0.15, 0.2) is 30.5 Å². The molecule has 0 saturated carbocycles. The molecule has 0 N–H and O–H groups in total. The van der Waals surface area contributed by atoms with Crippen molar-refractivity contribution in [2.75, 3.05) is 27.7 Å². The van der Waals surface area contributed by atoms with Crippen LogP contribution in [0.1, 0.15) is 94.4 Å². The van der Waals surface area contributed by atoms with Crippen molar-refractivity contribution in [1.29, 1.82) is 0 Å². The number of nitro groups is 1. The summed E-state index contributed by atoms with van der Waals surface area (Å²) in [4.78, 5) is 71.3. The third kappa shape index (κ3) is 9.72. The standard InChI is InChI=1S/C44H65FN6O11/c1-13-34-44(9)36(50(41(55)62-44)20-15-14-19-49-24-32(46-47-49)30-17-16-18-31(22-30)51(56)57)28(5)35(52)25(2)23-42(7,58-12)38(29(6)37(53)43(8,45)40(54)60-34)61-39-27(4)33(48(10)11)21-26(3)59-39/h16-18,22,24-29,33-34,36,38-39H,13-15,19-21,23H2,1-12H3/t25-,26-,27-,28+,29+,33+,34-,36+,38-,39+,42+,43+,44-/m1/s1. The van der Waals surface area contributed by atoms with Crippen LogP contribution in [0.2, 0.25) is 0 Å². The Morgan fingerprint density at radius 2 is 1.71 bits per heavy atom. The number of alkyl halides is 1. The second-order valence-electron chi connectivity index (χ2n) is 18.3. The van der Waals surface area contributed by atoms with Crippen molar-refractivity contribution in [1.82, 2.24) is 24.8 Å². The van der Waals surface area contributed by atoms with Crippen molar-refractivity contribution in [3.05, 3.63) is 40.6 Å². The molecular weight excluding hydrogens is 808 g/mol. The Kier molecular flexibility index (Phi) is 15.0. The number of benzene rings is 1. The Morgan fingerprint density at radius 1 is 1.03 bits per heavy atom. The number of hydrogen-bond acceptors (Lipinski definition) is 14. The van der Waals surface area contributed by atoms with E-state index in [1.54, 1.807) is 57.6 Å². The van der Waals surface area contributed by atoms with Gasteiger partial charge in [0.1, 0.15) is 17.6 Å². The monoisotopic (exact) mass is 872 g/mol. The first kappa shape index (κ1) is 48.6. The van der Waals surface area contributed by atoms with Crippen LogP contribution in [0.25, 0.3) is 11.3 Å². The van der Waals surface area contributed by atoms with Crippen LogP contribution in [-0.2, 0) is 44.6 Å². The predicted octanol–water partition coefficient (Wildman–Crippen LogP) is 6.20. The number of nitrogens with zero attached hydrogens (tertiary/aromatic N) is 6. The number of carbonyl (C=O) groups excluding carboxylic acids is 4. The molecule has 5 rings (SSSR count). The van der Waals surface area contributed by atoms with Gasteiger partial charge in [-0.2, -0.15) is 0 Å². The maximum Gasteiger partial charge on any atom is 0.410 e. The lowest BCUT2D eigenvalue weighted by Crippen LogP contribution is -2.61. The van der Waals surface area contributed by atoms with Crippen molar-refractivity contribution in [2.24, 2.45) is 23.7 Å². The summed E-state index contributed by atoms with van der Waals surface area (Å²) in [6.45, 7) is 15.3. The highest BCUT2D eigenvalue weighted by molar-refractivity contribution is 6.08. The summed E-state index contributed by atoms with van der Waals surface area (Å²) >= 11 is 0. The third-order valence-corrected chi connectivity index (χ3v) is 13.5. The van der Waals surface area contributed by atoms with E-state index < -0.39 is 81.9 Å². The number of non-ortho nitro benzene ring substituents is 1. The molecule has 62 heavy (non-hydrogen) atoms. The molecule has 0 bridgehead atoms. The number of methoxy groups -OCH3 is 1. The first-order chi connectivity index (χ1) is 29.0. The lowest BCUT2D eigenvalue weighted by Gasteiger charge is -2.48. The highest BCUT2D eigenvalue weighted by Gasteiger charge is 2.61. The molecular formula is C44H65FN6O11. The highest BCUT2D eigenvalue weighted by atomic mass is 19.1. The minimum absolute atomic E-state index is 0.0435. The maximum absolute atomic E-state index is 17.0. The van der Waals surface area contributed by atoms with Gasteiger partial charge < -0.3 is 33.5 Å². The molecule has 0 unspecified atom stereocenters. The summed E-state index contributed by atoms with van der Waals surface area (Å²) in [6.07, 6.45) is -0.689. The molecule has 3 aliphatic rings.